The number of amides is 1. The molecule has 0 spiro atoms. The van der Waals surface area contributed by atoms with Gasteiger partial charge in [0.2, 0.25) is 0 Å². The summed E-state index contributed by atoms with van der Waals surface area (Å²) < 4.78 is 16.6. The van der Waals surface area contributed by atoms with E-state index in [1.165, 1.54) is 18.3 Å². The molecule has 3 aromatic rings. The van der Waals surface area contributed by atoms with Gasteiger partial charge in [0.15, 0.2) is 5.82 Å². The van der Waals surface area contributed by atoms with E-state index < -0.39 is 6.10 Å². The molecular formula is C17H15FN4O2. The SMILES string of the molecule is O=C(c1cnn(-c2ccc(F)cc2)c1-n1cccc1)N1CC(O)C1. The zero-order valence-corrected chi connectivity index (χ0v) is 12.7. The van der Waals surface area contributed by atoms with Gasteiger partial charge in [-0.25, -0.2) is 9.07 Å². The lowest BCUT2D eigenvalue weighted by atomic mass is 10.1. The van der Waals surface area contributed by atoms with Crippen molar-refractivity contribution in [1.82, 2.24) is 19.2 Å². The lowest BCUT2D eigenvalue weighted by Gasteiger charge is -2.35. The number of aromatic nitrogens is 3. The van der Waals surface area contributed by atoms with Crippen LogP contribution >= 0.6 is 0 Å². The van der Waals surface area contributed by atoms with Crippen molar-refractivity contribution in [1.29, 1.82) is 0 Å². The molecule has 3 heterocycles. The van der Waals surface area contributed by atoms with E-state index in [0.29, 0.717) is 30.2 Å². The van der Waals surface area contributed by atoms with Crippen molar-refractivity contribution >= 4 is 5.91 Å². The maximum atomic E-state index is 13.2. The summed E-state index contributed by atoms with van der Waals surface area (Å²) in [6.07, 6.45) is 4.68. The molecule has 1 aliphatic heterocycles. The second-order valence-electron chi connectivity index (χ2n) is 5.72. The normalized spacial score (nSPS) is 14.7. The number of likely N-dealkylation sites (tertiary alicyclic amines) is 1. The highest BCUT2D eigenvalue weighted by molar-refractivity contribution is 5.97. The Morgan fingerprint density at radius 1 is 1.17 bits per heavy atom. The molecule has 0 aliphatic carbocycles. The van der Waals surface area contributed by atoms with Gasteiger partial charge in [-0.05, 0) is 36.4 Å². The Morgan fingerprint density at radius 2 is 1.83 bits per heavy atom. The molecule has 0 saturated carbocycles. The number of benzene rings is 1. The molecular weight excluding hydrogens is 311 g/mol. The van der Waals surface area contributed by atoms with E-state index in [9.17, 15) is 14.3 Å². The highest BCUT2D eigenvalue weighted by Gasteiger charge is 2.32. The summed E-state index contributed by atoms with van der Waals surface area (Å²) in [5.74, 6) is 0.0645. The maximum Gasteiger partial charge on any atom is 0.259 e. The summed E-state index contributed by atoms with van der Waals surface area (Å²) in [7, 11) is 0. The van der Waals surface area contributed by atoms with E-state index in [2.05, 4.69) is 5.10 Å². The van der Waals surface area contributed by atoms with Gasteiger partial charge < -0.3 is 14.6 Å². The van der Waals surface area contributed by atoms with Gasteiger partial charge in [-0.15, -0.1) is 0 Å². The Bertz CT molecular complexity index is 865. The molecule has 24 heavy (non-hydrogen) atoms. The van der Waals surface area contributed by atoms with Crippen molar-refractivity contribution < 1.29 is 14.3 Å². The molecule has 0 bridgehead atoms. The Hall–Kier alpha value is -2.93. The monoisotopic (exact) mass is 326 g/mol. The fourth-order valence-corrected chi connectivity index (χ4v) is 2.78. The molecule has 0 radical (unpaired) electrons. The van der Waals surface area contributed by atoms with Crippen LogP contribution in [-0.4, -0.2) is 49.5 Å². The van der Waals surface area contributed by atoms with Gasteiger partial charge in [-0.1, -0.05) is 0 Å². The average Bonchev–Trinajstić information content (AvgIpc) is 3.20. The highest BCUT2D eigenvalue weighted by Crippen LogP contribution is 2.23. The molecule has 0 atom stereocenters. The first-order chi connectivity index (χ1) is 11.6. The third-order valence-electron chi connectivity index (χ3n) is 4.04. The van der Waals surface area contributed by atoms with Crippen LogP contribution in [0.25, 0.3) is 11.5 Å². The molecule has 1 amide bonds. The Balaban J connectivity index is 1.80. The van der Waals surface area contributed by atoms with E-state index >= 15 is 0 Å². The minimum absolute atomic E-state index is 0.183. The van der Waals surface area contributed by atoms with Crippen molar-refractivity contribution in [2.45, 2.75) is 6.10 Å². The predicted octanol–water partition coefficient (Wildman–Crippen LogP) is 1.62. The van der Waals surface area contributed by atoms with E-state index in [0.717, 1.165) is 0 Å². The average molecular weight is 326 g/mol. The molecule has 1 saturated heterocycles. The minimum Gasteiger partial charge on any atom is -0.389 e. The minimum atomic E-state index is -0.462. The lowest BCUT2D eigenvalue weighted by Crippen LogP contribution is -2.53. The number of aliphatic hydroxyl groups excluding tert-OH is 1. The third-order valence-corrected chi connectivity index (χ3v) is 4.04. The summed E-state index contributed by atoms with van der Waals surface area (Å²) >= 11 is 0. The van der Waals surface area contributed by atoms with E-state index in [1.54, 1.807) is 26.3 Å². The second-order valence-corrected chi connectivity index (χ2v) is 5.72. The molecule has 122 valence electrons. The number of halogens is 1. The number of aliphatic hydroxyl groups is 1. The van der Waals surface area contributed by atoms with Gasteiger partial charge in [0.05, 0.1) is 18.0 Å². The quantitative estimate of drug-likeness (QED) is 0.795. The lowest BCUT2D eigenvalue weighted by molar-refractivity contribution is 0.00589. The highest BCUT2D eigenvalue weighted by atomic mass is 19.1. The molecule has 1 fully saturated rings. The summed E-state index contributed by atoms with van der Waals surface area (Å²) in [6.45, 7) is 0.650. The standard InChI is InChI=1S/C17H15FN4O2/c18-12-3-5-13(6-4-12)22-16(20-7-1-2-8-20)15(9-19-22)17(24)21-10-14(23)11-21/h1-9,14,23H,10-11H2. The van der Waals surface area contributed by atoms with Gasteiger partial charge in [0, 0.05) is 25.5 Å². The van der Waals surface area contributed by atoms with Gasteiger partial charge in [0.25, 0.3) is 5.91 Å². The molecule has 2 aromatic heterocycles. The molecule has 0 unspecified atom stereocenters. The van der Waals surface area contributed by atoms with Gasteiger partial charge in [-0.3, -0.25) is 4.79 Å². The van der Waals surface area contributed by atoms with Crippen LogP contribution in [0.2, 0.25) is 0 Å². The van der Waals surface area contributed by atoms with Crippen LogP contribution in [0.3, 0.4) is 0 Å². The Labute approximate surface area is 137 Å². The zero-order valence-electron chi connectivity index (χ0n) is 12.7. The Kier molecular flexibility index (Phi) is 3.42. The molecule has 4 rings (SSSR count). The van der Waals surface area contributed by atoms with Crippen LogP contribution in [0.4, 0.5) is 4.39 Å². The van der Waals surface area contributed by atoms with Crippen LogP contribution in [0.1, 0.15) is 10.4 Å². The summed E-state index contributed by atoms with van der Waals surface area (Å²) in [5.41, 5.74) is 1.09. The van der Waals surface area contributed by atoms with Crippen molar-refractivity contribution in [3.63, 3.8) is 0 Å². The first-order valence-corrected chi connectivity index (χ1v) is 7.58. The largest absolute Gasteiger partial charge is 0.389 e. The predicted molar refractivity (Wildman–Crippen MR) is 84.8 cm³/mol. The van der Waals surface area contributed by atoms with Crippen LogP contribution in [0.5, 0.6) is 0 Å². The number of nitrogens with zero attached hydrogens (tertiary/aromatic N) is 4. The first kappa shape index (κ1) is 14.6. The Morgan fingerprint density at radius 3 is 2.46 bits per heavy atom. The van der Waals surface area contributed by atoms with E-state index in [-0.39, 0.29) is 11.7 Å². The number of rotatable bonds is 3. The van der Waals surface area contributed by atoms with Crippen LogP contribution in [-0.2, 0) is 0 Å². The maximum absolute atomic E-state index is 13.2. The van der Waals surface area contributed by atoms with Crippen LogP contribution in [0.15, 0.2) is 55.0 Å². The van der Waals surface area contributed by atoms with Crippen molar-refractivity contribution in [2.24, 2.45) is 0 Å². The van der Waals surface area contributed by atoms with Crippen LogP contribution in [0, 0.1) is 5.82 Å². The fraction of sp³-hybridized carbons (Fsp3) is 0.176. The molecule has 1 aromatic carbocycles. The fourth-order valence-electron chi connectivity index (χ4n) is 2.78. The number of carbonyl (C=O) groups is 1. The van der Waals surface area contributed by atoms with Crippen molar-refractivity contribution in [3.05, 3.63) is 66.4 Å². The van der Waals surface area contributed by atoms with Crippen molar-refractivity contribution in [2.75, 3.05) is 13.1 Å². The summed E-state index contributed by atoms with van der Waals surface area (Å²) in [6, 6.07) is 9.62. The van der Waals surface area contributed by atoms with Gasteiger partial charge >= 0.3 is 0 Å². The molecule has 7 heteroatoms. The summed E-state index contributed by atoms with van der Waals surface area (Å²) in [4.78, 5) is 14.2. The van der Waals surface area contributed by atoms with E-state index in [1.807, 2.05) is 24.5 Å². The first-order valence-electron chi connectivity index (χ1n) is 7.58. The molecule has 1 aliphatic rings. The topological polar surface area (TPSA) is 63.3 Å². The number of hydrogen-bond donors (Lipinski definition) is 1. The number of hydrogen-bond acceptors (Lipinski definition) is 3. The number of carbonyl (C=O) groups excluding carboxylic acids is 1. The molecule has 1 N–H and O–H groups in total. The molecule has 6 nitrogen and oxygen atoms in total. The smallest absolute Gasteiger partial charge is 0.259 e. The summed E-state index contributed by atoms with van der Waals surface area (Å²) in [5, 5.41) is 13.7. The number of β-amino-alcohol motifs (C(OH)–C–C–N with tert-alkyl or cyclic N) is 1. The third kappa shape index (κ3) is 2.39. The zero-order chi connectivity index (χ0) is 16.7. The van der Waals surface area contributed by atoms with Gasteiger partial charge in [0.1, 0.15) is 11.4 Å². The van der Waals surface area contributed by atoms with Crippen molar-refractivity contribution in [3.8, 4) is 11.5 Å². The van der Waals surface area contributed by atoms with Crippen LogP contribution < -0.4 is 0 Å². The van der Waals surface area contributed by atoms with Gasteiger partial charge in [-0.2, -0.15) is 5.10 Å². The van der Waals surface area contributed by atoms with E-state index in [4.69, 9.17) is 0 Å². The second kappa shape index (κ2) is 5.61.